The summed E-state index contributed by atoms with van der Waals surface area (Å²) in [5.74, 6) is -0.768. The average Bonchev–Trinajstić information content (AvgIpc) is 3.26. The number of carbonyl (C=O) groups is 1. The van der Waals surface area contributed by atoms with E-state index in [0.29, 0.717) is 29.7 Å². The molecule has 2 aromatic carbocycles. The molecule has 0 bridgehead atoms. The van der Waals surface area contributed by atoms with Gasteiger partial charge in [0, 0.05) is 16.7 Å². The molecule has 1 heterocycles. The lowest BCUT2D eigenvalue weighted by molar-refractivity contribution is -0.150. The van der Waals surface area contributed by atoms with Crippen LogP contribution in [0.15, 0.2) is 47.5 Å². The zero-order valence-corrected chi connectivity index (χ0v) is 19.5. The third kappa shape index (κ3) is 6.28. The Labute approximate surface area is 198 Å². The molecule has 3 aromatic rings. The van der Waals surface area contributed by atoms with Gasteiger partial charge in [-0.1, -0.05) is 12.1 Å². The number of rotatable bonds is 9. The monoisotopic (exact) mass is 497 g/mol. The van der Waals surface area contributed by atoms with Crippen molar-refractivity contribution in [3.05, 3.63) is 65.2 Å². The molecule has 0 saturated carbocycles. The van der Waals surface area contributed by atoms with Gasteiger partial charge in [-0.15, -0.1) is 16.9 Å². The molecule has 0 N–H and O–H groups in total. The zero-order valence-electron chi connectivity index (χ0n) is 18.7. The lowest BCUT2D eigenvalue weighted by atomic mass is 10.1. The van der Waals surface area contributed by atoms with Crippen LogP contribution in [0.3, 0.4) is 0 Å². The molecular weight excluding hydrogens is 474 g/mol. The molecule has 0 fully saturated rings. The molecular formula is C23H23F4N3O3S. The number of aromatic nitrogens is 3. The molecule has 0 amide bonds. The molecule has 1 unspecified atom stereocenters. The maximum absolute atomic E-state index is 13.9. The van der Waals surface area contributed by atoms with E-state index in [9.17, 15) is 22.4 Å². The topological polar surface area (TPSA) is 66.2 Å². The normalized spacial score (nSPS) is 12.4. The summed E-state index contributed by atoms with van der Waals surface area (Å²) in [6.07, 6.45) is -3.26. The summed E-state index contributed by atoms with van der Waals surface area (Å²) < 4.78 is 64.0. The van der Waals surface area contributed by atoms with Crippen molar-refractivity contribution >= 4 is 17.7 Å². The van der Waals surface area contributed by atoms with Crippen molar-refractivity contribution in [2.75, 3.05) is 6.61 Å². The summed E-state index contributed by atoms with van der Waals surface area (Å²) in [6.45, 7) is 5.61. The predicted molar refractivity (Wildman–Crippen MR) is 118 cm³/mol. The lowest BCUT2D eigenvalue weighted by Crippen LogP contribution is -2.26. The van der Waals surface area contributed by atoms with Crippen molar-refractivity contribution in [3.63, 3.8) is 0 Å². The number of benzene rings is 2. The van der Waals surface area contributed by atoms with Crippen LogP contribution < -0.4 is 4.74 Å². The first-order valence-corrected chi connectivity index (χ1v) is 11.5. The van der Waals surface area contributed by atoms with Crippen molar-refractivity contribution in [1.29, 1.82) is 0 Å². The summed E-state index contributed by atoms with van der Waals surface area (Å²) in [6, 6.07) is 8.19. The van der Waals surface area contributed by atoms with Crippen LogP contribution in [0.25, 0.3) is 5.69 Å². The van der Waals surface area contributed by atoms with Crippen LogP contribution in [0, 0.1) is 5.82 Å². The zero-order chi connectivity index (χ0) is 24.9. The molecule has 34 heavy (non-hydrogen) atoms. The molecule has 0 radical (unpaired) electrons. The number of esters is 1. The van der Waals surface area contributed by atoms with Crippen LogP contribution in [0.5, 0.6) is 5.75 Å². The highest BCUT2D eigenvalue weighted by Gasteiger charge is 2.34. The predicted octanol–water partition coefficient (Wildman–Crippen LogP) is 5.61. The van der Waals surface area contributed by atoms with Gasteiger partial charge < -0.3 is 9.47 Å². The second-order valence-corrected chi connectivity index (χ2v) is 8.29. The Balaban J connectivity index is 1.66. The average molecular weight is 498 g/mol. The van der Waals surface area contributed by atoms with Gasteiger partial charge in [0.2, 0.25) is 0 Å². The maximum Gasteiger partial charge on any atom is 0.419 e. The number of nitrogens with zero attached hydrogens (tertiary/aromatic N) is 3. The molecule has 3 rings (SSSR count). The van der Waals surface area contributed by atoms with Gasteiger partial charge in [0.15, 0.2) is 6.10 Å². The number of aryl methyl sites for hydroxylation is 1. The highest BCUT2D eigenvalue weighted by atomic mass is 32.2. The van der Waals surface area contributed by atoms with E-state index in [2.05, 4.69) is 10.3 Å². The van der Waals surface area contributed by atoms with E-state index in [1.165, 1.54) is 22.6 Å². The SMILES string of the molecule is CCOC(=O)C(C)Oc1ccc(SCc2cn(-c3ccc(C(F)(F)F)c(F)c3)nn2)cc1CC. The van der Waals surface area contributed by atoms with Crippen molar-refractivity contribution in [2.45, 2.75) is 50.1 Å². The van der Waals surface area contributed by atoms with E-state index < -0.39 is 29.6 Å². The Bertz CT molecular complexity index is 1150. The van der Waals surface area contributed by atoms with Gasteiger partial charge in [0.25, 0.3) is 0 Å². The minimum absolute atomic E-state index is 0.139. The molecule has 0 aliphatic heterocycles. The number of halogens is 4. The summed E-state index contributed by atoms with van der Waals surface area (Å²) in [5, 5.41) is 7.90. The highest BCUT2D eigenvalue weighted by Crippen LogP contribution is 2.32. The summed E-state index contributed by atoms with van der Waals surface area (Å²) in [4.78, 5) is 12.8. The third-order valence-electron chi connectivity index (χ3n) is 4.79. The Morgan fingerprint density at radius 2 is 1.94 bits per heavy atom. The second kappa shape index (κ2) is 10.9. The van der Waals surface area contributed by atoms with Crippen molar-refractivity contribution in [1.82, 2.24) is 15.0 Å². The summed E-state index contributed by atoms with van der Waals surface area (Å²) >= 11 is 1.48. The van der Waals surface area contributed by atoms with Crippen molar-refractivity contribution in [2.24, 2.45) is 0 Å². The first-order chi connectivity index (χ1) is 16.1. The van der Waals surface area contributed by atoms with Gasteiger partial charge in [-0.2, -0.15) is 13.2 Å². The highest BCUT2D eigenvalue weighted by molar-refractivity contribution is 7.98. The van der Waals surface area contributed by atoms with Gasteiger partial charge in [-0.3, -0.25) is 0 Å². The smallest absolute Gasteiger partial charge is 0.419 e. The number of ether oxygens (including phenoxy) is 2. The molecule has 182 valence electrons. The Morgan fingerprint density at radius 1 is 1.18 bits per heavy atom. The minimum atomic E-state index is -4.76. The second-order valence-electron chi connectivity index (χ2n) is 7.24. The first kappa shape index (κ1) is 25.5. The van der Waals surface area contributed by atoms with Crippen LogP contribution in [-0.4, -0.2) is 33.7 Å². The number of alkyl halides is 3. The molecule has 0 spiro atoms. The van der Waals surface area contributed by atoms with E-state index in [1.54, 1.807) is 19.9 Å². The van der Waals surface area contributed by atoms with Crippen LogP contribution >= 0.6 is 11.8 Å². The Morgan fingerprint density at radius 3 is 2.59 bits per heavy atom. The standard InChI is InChI=1S/C23H23F4N3O3S/c1-4-15-10-18(7-9-21(15)33-14(3)22(31)32-5-2)34-13-16-12-30(29-28-16)17-6-8-19(20(24)11-17)23(25,26)27/h6-12,14H,4-5,13H2,1-3H3. The van der Waals surface area contributed by atoms with E-state index >= 15 is 0 Å². The number of thioether (sulfide) groups is 1. The van der Waals surface area contributed by atoms with Crippen molar-refractivity contribution in [3.8, 4) is 11.4 Å². The fraction of sp³-hybridized carbons (Fsp3) is 0.348. The number of hydrogen-bond donors (Lipinski definition) is 0. The van der Waals surface area contributed by atoms with E-state index in [4.69, 9.17) is 9.47 Å². The first-order valence-electron chi connectivity index (χ1n) is 10.5. The molecule has 1 atom stereocenters. The lowest BCUT2D eigenvalue weighted by Gasteiger charge is -2.16. The molecule has 1 aromatic heterocycles. The number of hydrogen-bond acceptors (Lipinski definition) is 6. The van der Waals surface area contributed by atoms with Crippen LogP contribution in [-0.2, 0) is 27.9 Å². The third-order valence-corrected chi connectivity index (χ3v) is 5.81. The fourth-order valence-electron chi connectivity index (χ4n) is 3.06. The van der Waals surface area contributed by atoms with Crippen molar-refractivity contribution < 1.29 is 31.8 Å². The van der Waals surface area contributed by atoms with E-state index in [0.717, 1.165) is 22.6 Å². The Kier molecular flexibility index (Phi) is 8.19. The molecule has 6 nitrogen and oxygen atoms in total. The minimum Gasteiger partial charge on any atom is -0.479 e. The molecule has 0 aliphatic rings. The summed E-state index contributed by atoms with van der Waals surface area (Å²) in [5.41, 5.74) is 0.298. The fourth-order valence-corrected chi connectivity index (χ4v) is 3.90. The van der Waals surface area contributed by atoms with Crippen LogP contribution in [0.2, 0.25) is 0 Å². The van der Waals surface area contributed by atoms with Crippen LogP contribution in [0.1, 0.15) is 37.6 Å². The van der Waals surface area contributed by atoms with E-state index in [1.807, 2.05) is 19.1 Å². The maximum atomic E-state index is 13.9. The number of carbonyl (C=O) groups excluding carboxylic acids is 1. The Hall–Kier alpha value is -3.08. The van der Waals surface area contributed by atoms with Crippen LogP contribution in [0.4, 0.5) is 17.6 Å². The van der Waals surface area contributed by atoms with Gasteiger partial charge in [-0.25, -0.2) is 13.9 Å². The van der Waals surface area contributed by atoms with Gasteiger partial charge in [0.05, 0.1) is 29.7 Å². The summed E-state index contributed by atoms with van der Waals surface area (Å²) in [7, 11) is 0. The molecule has 11 heteroatoms. The van der Waals surface area contributed by atoms with Gasteiger partial charge in [-0.05, 0) is 56.2 Å². The quantitative estimate of drug-likeness (QED) is 0.218. The largest absolute Gasteiger partial charge is 0.479 e. The molecule has 0 saturated heterocycles. The van der Waals surface area contributed by atoms with E-state index in [-0.39, 0.29) is 12.3 Å². The van der Waals surface area contributed by atoms with Gasteiger partial charge in [0.1, 0.15) is 11.6 Å². The van der Waals surface area contributed by atoms with Gasteiger partial charge >= 0.3 is 12.1 Å². The molecule has 0 aliphatic carbocycles.